The molecule has 8 heteroatoms. The van der Waals surface area contributed by atoms with Crippen LogP contribution < -0.4 is 5.32 Å². The van der Waals surface area contributed by atoms with Crippen LogP contribution in [0.5, 0.6) is 5.75 Å². The molecule has 0 heterocycles. The zero-order chi connectivity index (χ0) is 14.6. The Morgan fingerprint density at radius 3 is 2.37 bits per heavy atom. The van der Waals surface area contributed by atoms with Crippen molar-refractivity contribution in [1.82, 2.24) is 5.32 Å². The van der Waals surface area contributed by atoms with E-state index in [0.29, 0.717) is 0 Å². The minimum absolute atomic E-state index is 0.669. The first kappa shape index (κ1) is 14.4. The number of hydrogen-bond acceptors (Lipinski definition) is 4. The molecule has 0 unspecified atom stereocenters. The van der Waals surface area contributed by atoms with E-state index < -0.39 is 47.4 Å². The van der Waals surface area contributed by atoms with Crippen molar-refractivity contribution in [3.8, 4) is 5.75 Å². The van der Waals surface area contributed by atoms with E-state index in [1.807, 2.05) is 5.32 Å². The second kappa shape index (κ2) is 5.80. The van der Waals surface area contributed by atoms with Crippen molar-refractivity contribution in [2.45, 2.75) is 12.5 Å². The fourth-order valence-corrected chi connectivity index (χ4v) is 1.34. The van der Waals surface area contributed by atoms with Gasteiger partial charge in [0.05, 0.1) is 6.42 Å². The van der Waals surface area contributed by atoms with Gasteiger partial charge in [-0.15, -0.1) is 0 Å². The quantitative estimate of drug-likeness (QED) is 0.606. The van der Waals surface area contributed by atoms with Crippen LogP contribution in [-0.4, -0.2) is 39.2 Å². The molecule has 0 radical (unpaired) electrons. The first-order chi connectivity index (χ1) is 8.82. The van der Waals surface area contributed by atoms with Crippen LogP contribution in [0.4, 0.5) is 4.39 Å². The van der Waals surface area contributed by atoms with Gasteiger partial charge in [0.1, 0.15) is 23.2 Å². The Morgan fingerprint density at radius 2 is 1.89 bits per heavy atom. The first-order valence-electron chi connectivity index (χ1n) is 5.06. The molecule has 1 rings (SSSR count). The van der Waals surface area contributed by atoms with Crippen LogP contribution in [0.25, 0.3) is 0 Å². The van der Waals surface area contributed by atoms with Gasteiger partial charge in [-0.05, 0) is 12.1 Å². The van der Waals surface area contributed by atoms with Gasteiger partial charge >= 0.3 is 11.9 Å². The third-order valence-electron chi connectivity index (χ3n) is 2.20. The number of aromatic hydroxyl groups is 1. The minimum Gasteiger partial charge on any atom is -0.507 e. The number of carbonyl (C=O) groups excluding carboxylic acids is 1. The molecular formula is C11H10FNO6. The summed E-state index contributed by atoms with van der Waals surface area (Å²) in [5.74, 6) is -5.93. The highest BCUT2D eigenvalue weighted by atomic mass is 19.1. The molecule has 1 aromatic carbocycles. The van der Waals surface area contributed by atoms with Gasteiger partial charge in [0.25, 0.3) is 5.91 Å². The van der Waals surface area contributed by atoms with Crippen molar-refractivity contribution in [2.24, 2.45) is 0 Å². The van der Waals surface area contributed by atoms with Gasteiger partial charge in [0.15, 0.2) is 0 Å². The van der Waals surface area contributed by atoms with Crippen molar-refractivity contribution in [3.05, 3.63) is 29.6 Å². The summed E-state index contributed by atoms with van der Waals surface area (Å²) in [7, 11) is 0. The summed E-state index contributed by atoms with van der Waals surface area (Å²) in [6, 6.07) is 1.39. The van der Waals surface area contributed by atoms with E-state index in [4.69, 9.17) is 10.2 Å². The van der Waals surface area contributed by atoms with Gasteiger partial charge in [0.2, 0.25) is 0 Å². The molecule has 0 bridgehead atoms. The molecule has 1 atom stereocenters. The Labute approximate surface area is 106 Å². The smallest absolute Gasteiger partial charge is 0.326 e. The number of benzene rings is 1. The number of amides is 1. The average molecular weight is 271 g/mol. The fraction of sp³-hybridized carbons (Fsp3) is 0.182. The lowest BCUT2D eigenvalue weighted by atomic mass is 10.1. The van der Waals surface area contributed by atoms with Gasteiger partial charge in [-0.3, -0.25) is 9.59 Å². The molecule has 0 saturated heterocycles. The topological polar surface area (TPSA) is 124 Å². The maximum atomic E-state index is 13.3. The summed E-state index contributed by atoms with van der Waals surface area (Å²) in [5, 5.41) is 28.4. The lowest BCUT2D eigenvalue weighted by molar-refractivity contribution is -0.145. The Balaban J connectivity index is 2.94. The Kier molecular flexibility index (Phi) is 4.41. The molecule has 0 aliphatic carbocycles. The molecule has 0 aromatic heterocycles. The zero-order valence-corrected chi connectivity index (χ0v) is 9.46. The molecule has 1 amide bonds. The number of halogens is 1. The van der Waals surface area contributed by atoms with Crippen LogP contribution in [0.3, 0.4) is 0 Å². The van der Waals surface area contributed by atoms with E-state index in [0.717, 1.165) is 18.2 Å². The third kappa shape index (κ3) is 3.66. The van der Waals surface area contributed by atoms with Crippen molar-refractivity contribution < 1.29 is 34.1 Å². The van der Waals surface area contributed by atoms with Gasteiger partial charge in [0, 0.05) is 0 Å². The highest BCUT2D eigenvalue weighted by Crippen LogP contribution is 2.19. The predicted molar refractivity (Wildman–Crippen MR) is 59.2 cm³/mol. The molecule has 0 saturated carbocycles. The fourth-order valence-electron chi connectivity index (χ4n) is 1.34. The van der Waals surface area contributed by atoms with E-state index in [9.17, 15) is 23.9 Å². The zero-order valence-electron chi connectivity index (χ0n) is 9.46. The Hall–Kier alpha value is -2.64. The number of hydrogen-bond donors (Lipinski definition) is 4. The van der Waals surface area contributed by atoms with Crippen molar-refractivity contribution >= 4 is 17.8 Å². The van der Waals surface area contributed by atoms with E-state index in [2.05, 4.69) is 0 Å². The summed E-state index contributed by atoms with van der Waals surface area (Å²) in [4.78, 5) is 32.8. The molecule has 0 aliphatic rings. The van der Waals surface area contributed by atoms with Crippen LogP contribution >= 0.6 is 0 Å². The maximum Gasteiger partial charge on any atom is 0.326 e. The summed E-state index contributed by atoms with van der Waals surface area (Å²) >= 11 is 0. The molecule has 4 N–H and O–H groups in total. The first-order valence-corrected chi connectivity index (χ1v) is 5.06. The second-order valence-electron chi connectivity index (χ2n) is 3.60. The summed E-state index contributed by atoms with van der Waals surface area (Å²) in [6.45, 7) is 0. The van der Waals surface area contributed by atoms with E-state index in [1.165, 1.54) is 0 Å². The normalized spacial score (nSPS) is 11.6. The Bertz CT molecular complexity index is 510. The number of aliphatic carboxylic acids is 2. The number of carboxylic acids is 2. The van der Waals surface area contributed by atoms with Crippen LogP contribution in [0.15, 0.2) is 18.2 Å². The number of phenolic OH excluding ortho intramolecular Hbond substituents is 1. The summed E-state index contributed by atoms with van der Waals surface area (Å²) in [6.07, 6.45) is -0.865. The number of nitrogens with one attached hydrogen (secondary N) is 1. The van der Waals surface area contributed by atoms with Gasteiger partial charge in [-0.1, -0.05) is 6.07 Å². The van der Waals surface area contributed by atoms with Crippen LogP contribution in [0, 0.1) is 5.82 Å². The lowest BCUT2D eigenvalue weighted by Gasteiger charge is -2.13. The molecule has 0 spiro atoms. The summed E-state index contributed by atoms with van der Waals surface area (Å²) in [5.41, 5.74) is -0.737. The average Bonchev–Trinajstić information content (AvgIpc) is 2.27. The SMILES string of the molecule is O=C(O)C[C@@H](NC(=O)c1c(O)cccc1F)C(=O)O. The Morgan fingerprint density at radius 1 is 1.26 bits per heavy atom. The number of carbonyl (C=O) groups is 3. The van der Waals surface area contributed by atoms with Crippen LogP contribution in [0.2, 0.25) is 0 Å². The lowest BCUT2D eigenvalue weighted by Crippen LogP contribution is -2.42. The monoisotopic (exact) mass is 271 g/mol. The van der Waals surface area contributed by atoms with E-state index >= 15 is 0 Å². The largest absolute Gasteiger partial charge is 0.507 e. The summed E-state index contributed by atoms with van der Waals surface area (Å²) < 4.78 is 13.3. The van der Waals surface area contributed by atoms with Crippen LogP contribution in [-0.2, 0) is 9.59 Å². The number of carboxylic acid groups (broad SMARTS) is 2. The minimum atomic E-state index is -1.72. The highest BCUT2D eigenvalue weighted by Gasteiger charge is 2.26. The molecule has 102 valence electrons. The van der Waals surface area contributed by atoms with Crippen molar-refractivity contribution in [1.29, 1.82) is 0 Å². The number of rotatable bonds is 5. The molecule has 0 fully saturated rings. The predicted octanol–water partition coefficient (Wildman–Crippen LogP) is 0.189. The molecule has 7 nitrogen and oxygen atoms in total. The van der Waals surface area contributed by atoms with Crippen LogP contribution in [0.1, 0.15) is 16.8 Å². The standard InChI is InChI=1S/C11H10FNO6/c12-5-2-1-3-7(14)9(5)10(17)13-6(11(18)19)4-8(15)16/h1-3,6,14H,4H2,(H,13,17)(H,15,16)(H,18,19)/t6-/m1/s1. The van der Waals surface area contributed by atoms with Gasteiger partial charge < -0.3 is 20.6 Å². The highest BCUT2D eigenvalue weighted by molar-refractivity contribution is 5.99. The third-order valence-corrected chi connectivity index (χ3v) is 2.20. The van der Waals surface area contributed by atoms with Gasteiger partial charge in [-0.2, -0.15) is 0 Å². The molecule has 0 aliphatic heterocycles. The molecule has 19 heavy (non-hydrogen) atoms. The molecular weight excluding hydrogens is 261 g/mol. The van der Waals surface area contributed by atoms with E-state index in [-0.39, 0.29) is 0 Å². The van der Waals surface area contributed by atoms with E-state index in [1.54, 1.807) is 0 Å². The van der Waals surface area contributed by atoms with Crippen molar-refractivity contribution in [2.75, 3.05) is 0 Å². The van der Waals surface area contributed by atoms with Crippen molar-refractivity contribution in [3.63, 3.8) is 0 Å². The maximum absolute atomic E-state index is 13.3. The molecule has 1 aromatic rings. The number of phenols is 1. The second-order valence-corrected chi connectivity index (χ2v) is 3.60. The van der Waals surface area contributed by atoms with Gasteiger partial charge in [-0.25, -0.2) is 9.18 Å².